The standard InChI is InChI=1S/C16H18N4O/c17-11-13-1-3-14(4-2-13)12-21-20-10-7-16(19-20)15-5-8-18-9-6-15/h1-4,7,10,15,18H,5-6,8-9,12H2. The van der Waals surface area contributed by atoms with Gasteiger partial charge in [0, 0.05) is 5.92 Å². The summed E-state index contributed by atoms with van der Waals surface area (Å²) in [7, 11) is 0. The fourth-order valence-electron chi connectivity index (χ4n) is 2.54. The second-order valence-electron chi connectivity index (χ2n) is 5.25. The van der Waals surface area contributed by atoms with Crippen LogP contribution in [0.3, 0.4) is 0 Å². The summed E-state index contributed by atoms with van der Waals surface area (Å²) in [6, 6.07) is 11.5. The molecule has 0 saturated carbocycles. The Morgan fingerprint density at radius 3 is 2.71 bits per heavy atom. The topological polar surface area (TPSA) is 62.9 Å². The SMILES string of the molecule is N#Cc1ccc(COn2ccc(C3CCNCC3)n2)cc1. The minimum Gasteiger partial charge on any atom is -0.392 e. The molecule has 0 spiro atoms. The van der Waals surface area contributed by atoms with Gasteiger partial charge in [0.2, 0.25) is 0 Å². The van der Waals surface area contributed by atoms with Crippen molar-refractivity contribution >= 4 is 0 Å². The molecule has 1 aromatic heterocycles. The second kappa shape index (κ2) is 6.42. The molecule has 0 atom stereocenters. The van der Waals surface area contributed by atoms with Gasteiger partial charge in [0.1, 0.15) is 6.61 Å². The molecule has 1 fully saturated rings. The van der Waals surface area contributed by atoms with E-state index in [0.717, 1.165) is 37.2 Å². The number of hydrogen-bond donors (Lipinski definition) is 1. The fraction of sp³-hybridized carbons (Fsp3) is 0.375. The lowest BCUT2D eigenvalue weighted by Crippen LogP contribution is -2.27. The summed E-state index contributed by atoms with van der Waals surface area (Å²) >= 11 is 0. The summed E-state index contributed by atoms with van der Waals surface area (Å²) in [6.07, 6.45) is 4.13. The van der Waals surface area contributed by atoms with Gasteiger partial charge >= 0.3 is 0 Å². The maximum Gasteiger partial charge on any atom is 0.142 e. The maximum absolute atomic E-state index is 8.76. The van der Waals surface area contributed by atoms with Crippen LogP contribution < -0.4 is 10.2 Å². The second-order valence-corrected chi connectivity index (χ2v) is 5.25. The third-order valence-electron chi connectivity index (χ3n) is 3.79. The Morgan fingerprint density at radius 2 is 2.00 bits per heavy atom. The van der Waals surface area contributed by atoms with Gasteiger partial charge in [-0.2, -0.15) is 5.26 Å². The van der Waals surface area contributed by atoms with Gasteiger partial charge in [0.05, 0.1) is 23.5 Å². The van der Waals surface area contributed by atoms with Crippen LogP contribution in [0, 0.1) is 11.3 Å². The first kappa shape index (κ1) is 13.7. The Kier molecular flexibility index (Phi) is 4.17. The summed E-state index contributed by atoms with van der Waals surface area (Å²) in [5, 5.41) is 16.6. The van der Waals surface area contributed by atoms with Gasteiger partial charge in [-0.3, -0.25) is 0 Å². The van der Waals surface area contributed by atoms with Crippen molar-refractivity contribution in [2.24, 2.45) is 0 Å². The van der Waals surface area contributed by atoms with Crippen molar-refractivity contribution in [3.8, 4) is 6.07 Å². The lowest BCUT2D eigenvalue weighted by atomic mass is 9.95. The van der Waals surface area contributed by atoms with Crippen LogP contribution in [0.25, 0.3) is 0 Å². The number of rotatable bonds is 4. The molecule has 1 saturated heterocycles. The van der Waals surface area contributed by atoms with Crippen molar-refractivity contribution in [2.45, 2.75) is 25.4 Å². The molecule has 2 aromatic rings. The highest BCUT2D eigenvalue weighted by molar-refractivity contribution is 5.31. The minimum atomic E-state index is 0.444. The number of piperidine rings is 1. The van der Waals surface area contributed by atoms with Crippen molar-refractivity contribution in [3.05, 3.63) is 53.3 Å². The van der Waals surface area contributed by atoms with Crippen LogP contribution >= 0.6 is 0 Å². The maximum atomic E-state index is 8.76. The normalized spacial score (nSPS) is 15.6. The first-order valence-corrected chi connectivity index (χ1v) is 7.24. The van der Waals surface area contributed by atoms with E-state index in [1.54, 1.807) is 12.1 Å². The van der Waals surface area contributed by atoms with Crippen LogP contribution in [0.2, 0.25) is 0 Å². The molecule has 5 heteroatoms. The van der Waals surface area contributed by atoms with Crippen molar-refractivity contribution in [1.82, 2.24) is 15.3 Å². The molecule has 0 aliphatic carbocycles. The molecule has 0 amide bonds. The van der Waals surface area contributed by atoms with Gasteiger partial charge in [0.15, 0.2) is 0 Å². The number of benzene rings is 1. The molecule has 5 nitrogen and oxygen atoms in total. The molecule has 0 bridgehead atoms. The third kappa shape index (κ3) is 3.41. The Morgan fingerprint density at radius 1 is 1.24 bits per heavy atom. The minimum absolute atomic E-state index is 0.444. The van der Waals surface area contributed by atoms with Gasteiger partial charge in [-0.25, -0.2) is 0 Å². The molecule has 1 aliphatic rings. The van der Waals surface area contributed by atoms with Crippen LogP contribution in [0.15, 0.2) is 36.5 Å². The van der Waals surface area contributed by atoms with Crippen LogP contribution in [0.5, 0.6) is 0 Å². The van der Waals surface area contributed by atoms with E-state index in [9.17, 15) is 0 Å². The van der Waals surface area contributed by atoms with Gasteiger partial charge < -0.3 is 10.2 Å². The molecule has 1 N–H and O–H groups in total. The summed E-state index contributed by atoms with van der Waals surface area (Å²) in [6.45, 7) is 2.56. The first-order valence-electron chi connectivity index (χ1n) is 7.24. The molecular formula is C16H18N4O. The van der Waals surface area contributed by atoms with Crippen LogP contribution in [-0.4, -0.2) is 23.0 Å². The molecular weight excluding hydrogens is 264 g/mol. The molecule has 108 valence electrons. The van der Waals surface area contributed by atoms with E-state index in [1.807, 2.05) is 24.4 Å². The van der Waals surface area contributed by atoms with Crippen LogP contribution in [-0.2, 0) is 6.61 Å². The quantitative estimate of drug-likeness (QED) is 0.929. The average Bonchev–Trinajstić information content (AvgIpc) is 3.03. The van der Waals surface area contributed by atoms with E-state index in [2.05, 4.69) is 16.5 Å². The number of aromatic nitrogens is 2. The summed E-state index contributed by atoms with van der Waals surface area (Å²) in [5.41, 5.74) is 2.79. The van der Waals surface area contributed by atoms with Crippen molar-refractivity contribution in [3.63, 3.8) is 0 Å². The highest BCUT2D eigenvalue weighted by atomic mass is 16.7. The van der Waals surface area contributed by atoms with E-state index < -0.39 is 0 Å². The van der Waals surface area contributed by atoms with Crippen molar-refractivity contribution < 1.29 is 4.84 Å². The lowest BCUT2D eigenvalue weighted by molar-refractivity contribution is 0.0687. The number of nitrogens with one attached hydrogen (secondary N) is 1. The van der Waals surface area contributed by atoms with E-state index in [0.29, 0.717) is 18.1 Å². The zero-order chi connectivity index (χ0) is 14.5. The first-order chi connectivity index (χ1) is 10.3. The molecule has 1 aliphatic heterocycles. The van der Waals surface area contributed by atoms with Gasteiger partial charge in [-0.05, 0) is 49.7 Å². The zero-order valence-electron chi connectivity index (χ0n) is 11.8. The number of hydrogen-bond acceptors (Lipinski definition) is 4. The Hall–Kier alpha value is -2.32. The lowest BCUT2D eigenvalue weighted by Gasteiger charge is -2.20. The highest BCUT2D eigenvalue weighted by Gasteiger charge is 2.17. The van der Waals surface area contributed by atoms with E-state index >= 15 is 0 Å². The molecule has 1 aromatic carbocycles. The van der Waals surface area contributed by atoms with Gasteiger partial charge in [-0.15, -0.1) is 9.94 Å². The van der Waals surface area contributed by atoms with E-state index in [4.69, 9.17) is 10.1 Å². The fourth-order valence-corrected chi connectivity index (χ4v) is 2.54. The molecule has 3 rings (SSSR count). The predicted molar refractivity (Wildman–Crippen MR) is 78.5 cm³/mol. The summed E-state index contributed by atoms with van der Waals surface area (Å²) in [5.74, 6) is 0.533. The third-order valence-corrected chi connectivity index (χ3v) is 3.79. The van der Waals surface area contributed by atoms with E-state index in [1.165, 1.54) is 4.85 Å². The summed E-state index contributed by atoms with van der Waals surface area (Å²) < 4.78 is 0. The van der Waals surface area contributed by atoms with Crippen LogP contribution in [0.1, 0.15) is 35.6 Å². The van der Waals surface area contributed by atoms with Crippen molar-refractivity contribution in [1.29, 1.82) is 5.26 Å². The Bertz CT molecular complexity index is 620. The monoisotopic (exact) mass is 282 g/mol. The average molecular weight is 282 g/mol. The largest absolute Gasteiger partial charge is 0.392 e. The molecule has 21 heavy (non-hydrogen) atoms. The molecule has 0 unspecified atom stereocenters. The number of nitriles is 1. The highest BCUT2D eigenvalue weighted by Crippen LogP contribution is 2.22. The van der Waals surface area contributed by atoms with Crippen molar-refractivity contribution in [2.75, 3.05) is 13.1 Å². The summed E-state index contributed by atoms with van der Waals surface area (Å²) in [4.78, 5) is 7.18. The molecule has 2 heterocycles. The van der Waals surface area contributed by atoms with Crippen LogP contribution in [0.4, 0.5) is 0 Å². The van der Waals surface area contributed by atoms with Gasteiger partial charge in [-0.1, -0.05) is 12.1 Å². The van der Waals surface area contributed by atoms with Gasteiger partial charge in [0.25, 0.3) is 0 Å². The Labute approximate surface area is 124 Å². The zero-order valence-corrected chi connectivity index (χ0v) is 11.8. The number of nitrogens with zero attached hydrogens (tertiary/aromatic N) is 3. The Balaban J connectivity index is 1.57. The predicted octanol–water partition coefficient (Wildman–Crippen LogP) is 1.85. The molecule has 0 radical (unpaired) electrons. The van der Waals surface area contributed by atoms with E-state index in [-0.39, 0.29) is 0 Å². The smallest absolute Gasteiger partial charge is 0.142 e.